The van der Waals surface area contributed by atoms with Crippen molar-refractivity contribution in [1.29, 1.82) is 0 Å². The molecular formula is C17H25N3S. The fourth-order valence-electron chi connectivity index (χ4n) is 3.23. The van der Waals surface area contributed by atoms with Crippen LogP contribution in [0.5, 0.6) is 0 Å². The number of anilines is 1. The Morgan fingerprint density at radius 1 is 1.24 bits per heavy atom. The predicted molar refractivity (Wildman–Crippen MR) is 91.3 cm³/mol. The highest BCUT2D eigenvalue weighted by molar-refractivity contribution is 7.13. The van der Waals surface area contributed by atoms with Gasteiger partial charge < -0.3 is 5.32 Å². The monoisotopic (exact) mass is 303 g/mol. The van der Waals surface area contributed by atoms with E-state index in [1.165, 1.54) is 54.0 Å². The van der Waals surface area contributed by atoms with Crippen LogP contribution in [0.4, 0.5) is 5.69 Å². The molecule has 1 saturated carbocycles. The summed E-state index contributed by atoms with van der Waals surface area (Å²) in [4.78, 5) is 5.73. The maximum Gasteiger partial charge on any atom is 0.146 e. The molecule has 1 N–H and O–H groups in total. The lowest BCUT2D eigenvalue weighted by Gasteiger charge is -2.28. The smallest absolute Gasteiger partial charge is 0.146 e. The molecule has 0 atom stereocenters. The first-order valence-corrected chi connectivity index (χ1v) is 8.85. The van der Waals surface area contributed by atoms with Crippen molar-refractivity contribution in [3.63, 3.8) is 0 Å². The van der Waals surface area contributed by atoms with Gasteiger partial charge in [0.1, 0.15) is 4.83 Å². The van der Waals surface area contributed by atoms with Gasteiger partial charge in [0.05, 0.1) is 11.1 Å². The van der Waals surface area contributed by atoms with E-state index in [2.05, 4.69) is 48.4 Å². The van der Waals surface area contributed by atoms with Gasteiger partial charge in [-0.2, -0.15) is 4.37 Å². The van der Waals surface area contributed by atoms with E-state index in [0.29, 0.717) is 12.0 Å². The largest absolute Gasteiger partial charge is 0.382 e. The fourth-order valence-corrected chi connectivity index (χ4v) is 4.21. The second kappa shape index (κ2) is 5.91. The Kier molecular flexibility index (Phi) is 4.16. The molecule has 3 rings (SSSR count). The number of pyridine rings is 1. The maximum absolute atomic E-state index is 4.66. The third kappa shape index (κ3) is 3.05. The summed E-state index contributed by atoms with van der Waals surface area (Å²) in [6, 6.07) is 2.80. The molecule has 0 bridgehead atoms. The summed E-state index contributed by atoms with van der Waals surface area (Å²) in [6.07, 6.45) is 5.23. The van der Waals surface area contributed by atoms with E-state index in [4.69, 9.17) is 0 Å². The Morgan fingerprint density at radius 3 is 2.62 bits per heavy atom. The predicted octanol–water partition coefficient (Wildman–Crippen LogP) is 5.11. The fraction of sp³-hybridized carbons (Fsp3) is 0.647. The first-order valence-electron chi connectivity index (χ1n) is 8.08. The molecule has 0 spiro atoms. The van der Waals surface area contributed by atoms with Gasteiger partial charge in [0.2, 0.25) is 0 Å². The number of rotatable bonds is 3. The van der Waals surface area contributed by atoms with E-state index in [0.717, 1.165) is 16.4 Å². The van der Waals surface area contributed by atoms with Gasteiger partial charge in [-0.15, -0.1) is 0 Å². The summed E-state index contributed by atoms with van der Waals surface area (Å²) < 4.78 is 4.64. The summed E-state index contributed by atoms with van der Waals surface area (Å²) >= 11 is 1.53. The zero-order chi connectivity index (χ0) is 15.0. The molecule has 1 aliphatic rings. The minimum atomic E-state index is 0.440. The second-order valence-electron chi connectivity index (χ2n) is 6.81. The lowest BCUT2D eigenvalue weighted by atomic mass is 9.87. The Hall–Kier alpha value is -1.16. The van der Waals surface area contributed by atoms with Gasteiger partial charge in [-0.1, -0.05) is 20.8 Å². The number of aryl methyl sites for hydroxylation is 1. The zero-order valence-electron chi connectivity index (χ0n) is 13.4. The summed E-state index contributed by atoms with van der Waals surface area (Å²) in [6.45, 7) is 8.86. The van der Waals surface area contributed by atoms with Crippen molar-refractivity contribution in [2.45, 2.75) is 65.3 Å². The molecule has 1 fully saturated rings. The van der Waals surface area contributed by atoms with Gasteiger partial charge in [0, 0.05) is 17.4 Å². The van der Waals surface area contributed by atoms with Crippen molar-refractivity contribution < 1.29 is 0 Å². The molecule has 0 saturated heterocycles. The highest BCUT2D eigenvalue weighted by Crippen LogP contribution is 2.35. The Morgan fingerprint density at radius 2 is 1.95 bits per heavy atom. The number of nitrogens with one attached hydrogen (secondary N) is 1. The number of fused-ring (bicyclic) bond motifs is 1. The van der Waals surface area contributed by atoms with Crippen LogP contribution in [0.15, 0.2) is 6.07 Å². The van der Waals surface area contributed by atoms with Crippen LogP contribution in [-0.4, -0.2) is 15.4 Å². The van der Waals surface area contributed by atoms with Crippen LogP contribution in [0.2, 0.25) is 0 Å². The summed E-state index contributed by atoms with van der Waals surface area (Å²) in [5.41, 5.74) is 3.51. The Balaban J connectivity index is 1.94. The molecular weight excluding hydrogens is 278 g/mol. The van der Waals surface area contributed by atoms with E-state index in [-0.39, 0.29) is 0 Å². The van der Waals surface area contributed by atoms with Crippen molar-refractivity contribution in [3.8, 4) is 0 Å². The second-order valence-corrected chi connectivity index (χ2v) is 7.57. The van der Waals surface area contributed by atoms with Crippen molar-refractivity contribution in [2.24, 2.45) is 5.92 Å². The number of hydrogen-bond donors (Lipinski definition) is 1. The number of hydrogen-bond acceptors (Lipinski definition) is 4. The topological polar surface area (TPSA) is 37.8 Å². The molecule has 2 aromatic heterocycles. The standard InChI is InChI=1S/C17H25N3S/c1-10(2)16-15-14(9-12(4)18-17(15)21-20-16)19-13-7-5-11(3)6-8-13/h9-11,13H,5-8H2,1-4H3,(H,18,19). The molecule has 0 aromatic carbocycles. The van der Waals surface area contributed by atoms with Gasteiger partial charge in [0.25, 0.3) is 0 Å². The number of nitrogens with zero attached hydrogens (tertiary/aromatic N) is 2. The van der Waals surface area contributed by atoms with Crippen molar-refractivity contribution in [2.75, 3.05) is 5.32 Å². The van der Waals surface area contributed by atoms with Gasteiger partial charge in [-0.3, -0.25) is 0 Å². The molecule has 4 heteroatoms. The van der Waals surface area contributed by atoms with Crippen LogP contribution >= 0.6 is 11.5 Å². The maximum atomic E-state index is 4.66. The van der Waals surface area contributed by atoms with Crippen LogP contribution < -0.4 is 5.32 Å². The van der Waals surface area contributed by atoms with Crippen molar-refractivity contribution in [3.05, 3.63) is 17.5 Å². The Labute approximate surface area is 131 Å². The molecule has 0 amide bonds. The SMILES string of the molecule is Cc1cc(NC2CCC(C)CC2)c2c(C(C)C)nsc2n1. The lowest BCUT2D eigenvalue weighted by molar-refractivity contribution is 0.361. The minimum absolute atomic E-state index is 0.440. The third-order valence-electron chi connectivity index (χ3n) is 4.52. The van der Waals surface area contributed by atoms with E-state index in [1.54, 1.807) is 0 Å². The van der Waals surface area contributed by atoms with Crippen molar-refractivity contribution >= 4 is 27.4 Å². The first kappa shape index (κ1) is 14.8. The van der Waals surface area contributed by atoms with Crippen molar-refractivity contribution in [1.82, 2.24) is 9.36 Å². The molecule has 21 heavy (non-hydrogen) atoms. The van der Waals surface area contributed by atoms with Crippen LogP contribution in [0.1, 0.15) is 63.8 Å². The lowest BCUT2D eigenvalue weighted by Crippen LogP contribution is -2.25. The summed E-state index contributed by atoms with van der Waals surface area (Å²) in [7, 11) is 0. The van der Waals surface area contributed by atoms with Crippen LogP contribution in [0.25, 0.3) is 10.2 Å². The quantitative estimate of drug-likeness (QED) is 0.855. The van der Waals surface area contributed by atoms with E-state index in [9.17, 15) is 0 Å². The highest BCUT2D eigenvalue weighted by atomic mass is 32.1. The summed E-state index contributed by atoms with van der Waals surface area (Å²) in [5.74, 6) is 1.33. The molecule has 0 unspecified atom stereocenters. The number of aromatic nitrogens is 2. The minimum Gasteiger partial charge on any atom is -0.382 e. The van der Waals surface area contributed by atoms with Crippen LogP contribution in [-0.2, 0) is 0 Å². The van der Waals surface area contributed by atoms with E-state index < -0.39 is 0 Å². The van der Waals surface area contributed by atoms with Gasteiger partial charge in [-0.05, 0) is 62.0 Å². The molecule has 2 aromatic rings. The zero-order valence-corrected chi connectivity index (χ0v) is 14.3. The first-order chi connectivity index (χ1) is 10.0. The molecule has 2 heterocycles. The highest BCUT2D eigenvalue weighted by Gasteiger charge is 2.21. The molecule has 0 radical (unpaired) electrons. The van der Waals surface area contributed by atoms with Gasteiger partial charge in [0.15, 0.2) is 0 Å². The van der Waals surface area contributed by atoms with E-state index >= 15 is 0 Å². The molecule has 3 nitrogen and oxygen atoms in total. The van der Waals surface area contributed by atoms with Gasteiger partial charge >= 0.3 is 0 Å². The molecule has 114 valence electrons. The molecule has 1 aliphatic carbocycles. The normalized spacial score (nSPS) is 22.9. The van der Waals surface area contributed by atoms with Crippen LogP contribution in [0, 0.1) is 12.8 Å². The third-order valence-corrected chi connectivity index (χ3v) is 5.28. The summed E-state index contributed by atoms with van der Waals surface area (Å²) in [5, 5.41) is 5.04. The molecule has 0 aliphatic heterocycles. The van der Waals surface area contributed by atoms with E-state index in [1.807, 2.05) is 0 Å². The van der Waals surface area contributed by atoms with Crippen LogP contribution in [0.3, 0.4) is 0 Å². The average molecular weight is 303 g/mol. The average Bonchev–Trinajstić information content (AvgIpc) is 2.85. The van der Waals surface area contributed by atoms with Gasteiger partial charge in [-0.25, -0.2) is 4.98 Å². The Bertz CT molecular complexity index is 624.